The second-order valence-corrected chi connectivity index (χ2v) is 6.59. The minimum atomic E-state index is -0.851. The molecule has 0 bridgehead atoms. The number of hydrogen-bond acceptors (Lipinski definition) is 5. The molecule has 1 aliphatic rings. The topological polar surface area (TPSA) is 68.0 Å². The van der Waals surface area contributed by atoms with Crippen LogP contribution in [0.1, 0.15) is 40.3 Å². The third-order valence-electron chi connectivity index (χ3n) is 3.37. The summed E-state index contributed by atoms with van der Waals surface area (Å²) >= 11 is 2.84. The van der Waals surface area contributed by atoms with Crippen molar-refractivity contribution in [1.29, 1.82) is 0 Å². The Labute approximate surface area is 125 Å². The van der Waals surface area contributed by atoms with Gasteiger partial charge in [0.1, 0.15) is 10.7 Å². The van der Waals surface area contributed by atoms with Gasteiger partial charge in [0, 0.05) is 18.7 Å². The number of thiophene rings is 1. The van der Waals surface area contributed by atoms with Crippen molar-refractivity contribution in [2.45, 2.75) is 43.1 Å². The Balaban J connectivity index is 1.74. The lowest BCUT2D eigenvalue weighted by molar-refractivity contribution is 0.0701. The van der Waals surface area contributed by atoms with Crippen LogP contribution in [0.3, 0.4) is 0 Å². The van der Waals surface area contributed by atoms with Crippen LogP contribution in [0.25, 0.3) is 0 Å². The molecule has 20 heavy (non-hydrogen) atoms. The Morgan fingerprint density at radius 2 is 2.30 bits per heavy atom. The number of carbonyl (C=O) groups is 1. The summed E-state index contributed by atoms with van der Waals surface area (Å²) in [6, 6.07) is 1.88. The number of carboxylic acid groups (broad SMARTS) is 1. The number of fused-ring (bicyclic) bond motifs is 1. The number of hydrogen-bond donors (Lipinski definition) is 1. The number of aromatic carboxylic acids is 1. The van der Waals surface area contributed by atoms with Crippen molar-refractivity contribution in [2.24, 2.45) is 0 Å². The number of nitrogens with zero attached hydrogens (tertiary/aromatic N) is 3. The Morgan fingerprint density at radius 3 is 3.15 bits per heavy atom. The fourth-order valence-corrected chi connectivity index (χ4v) is 4.17. The Hall–Kier alpha value is -1.34. The molecule has 0 fully saturated rings. The largest absolute Gasteiger partial charge is 0.477 e. The monoisotopic (exact) mass is 309 g/mol. The summed E-state index contributed by atoms with van der Waals surface area (Å²) < 4.78 is 2.18. The summed E-state index contributed by atoms with van der Waals surface area (Å²) in [4.78, 5) is 11.5. The van der Waals surface area contributed by atoms with Crippen LogP contribution in [0.5, 0.6) is 0 Å². The highest BCUT2D eigenvalue weighted by Gasteiger charge is 2.17. The van der Waals surface area contributed by atoms with Gasteiger partial charge in [0.25, 0.3) is 0 Å². The van der Waals surface area contributed by atoms with Gasteiger partial charge in [0.15, 0.2) is 5.16 Å². The Kier molecular flexibility index (Phi) is 4.07. The summed E-state index contributed by atoms with van der Waals surface area (Å²) in [7, 11) is 0. The lowest BCUT2D eigenvalue weighted by Gasteiger charge is -2.06. The third-order valence-corrected chi connectivity index (χ3v) is 5.33. The van der Waals surface area contributed by atoms with Gasteiger partial charge in [-0.3, -0.25) is 0 Å². The summed E-state index contributed by atoms with van der Waals surface area (Å²) in [5.41, 5.74) is 0.860. The van der Waals surface area contributed by atoms with E-state index >= 15 is 0 Å². The van der Waals surface area contributed by atoms with Gasteiger partial charge in [-0.15, -0.1) is 21.5 Å². The molecule has 0 saturated heterocycles. The first-order valence-corrected chi connectivity index (χ1v) is 8.47. The molecule has 1 aliphatic heterocycles. The molecular formula is C13H15N3O2S2. The Morgan fingerprint density at radius 1 is 1.40 bits per heavy atom. The predicted molar refractivity (Wildman–Crippen MR) is 78.4 cm³/mol. The molecule has 0 radical (unpaired) electrons. The standard InChI is InChI=1S/C13H15N3O2S2/c17-12(18)11-9(5-7-19-11)8-20-13-15-14-10-4-2-1-3-6-16(10)13/h5,7H,1-4,6,8H2,(H,17,18). The van der Waals surface area contributed by atoms with Gasteiger partial charge in [-0.05, 0) is 29.9 Å². The molecule has 0 unspecified atom stereocenters. The van der Waals surface area contributed by atoms with Crippen LogP contribution < -0.4 is 0 Å². The highest BCUT2D eigenvalue weighted by Crippen LogP contribution is 2.28. The number of thioether (sulfide) groups is 1. The maximum absolute atomic E-state index is 11.1. The first kappa shape index (κ1) is 13.6. The number of aromatic nitrogens is 3. The number of rotatable bonds is 4. The fourth-order valence-electron chi connectivity index (χ4n) is 2.34. The van der Waals surface area contributed by atoms with Crippen molar-refractivity contribution >= 4 is 29.1 Å². The van der Waals surface area contributed by atoms with E-state index in [4.69, 9.17) is 5.11 Å². The zero-order valence-corrected chi connectivity index (χ0v) is 12.5. The molecular weight excluding hydrogens is 294 g/mol. The van der Waals surface area contributed by atoms with Crippen LogP contribution in [-0.2, 0) is 18.7 Å². The van der Waals surface area contributed by atoms with E-state index in [1.54, 1.807) is 11.8 Å². The molecule has 0 atom stereocenters. The normalized spacial score (nSPS) is 14.8. The van der Waals surface area contributed by atoms with E-state index in [2.05, 4.69) is 14.8 Å². The lowest BCUT2D eigenvalue weighted by atomic mass is 10.2. The molecule has 0 spiro atoms. The van der Waals surface area contributed by atoms with Gasteiger partial charge in [-0.1, -0.05) is 18.2 Å². The average molecular weight is 309 g/mol. The molecule has 5 nitrogen and oxygen atoms in total. The van der Waals surface area contributed by atoms with E-state index < -0.39 is 5.97 Å². The highest BCUT2D eigenvalue weighted by molar-refractivity contribution is 7.98. The minimum Gasteiger partial charge on any atom is -0.477 e. The minimum absolute atomic E-state index is 0.424. The molecule has 0 amide bonds. The van der Waals surface area contributed by atoms with Crippen LogP contribution in [0, 0.1) is 0 Å². The van der Waals surface area contributed by atoms with Crippen LogP contribution in [-0.4, -0.2) is 25.8 Å². The average Bonchev–Trinajstić information content (AvgIpc) is 2.98. The first-order valence-electron chi connectivity index (χ1n) is 6.60. The smallest absolute Gasteiger partial charge is 0.346 e. The van der Waals surface area contributed by atoms with E-state index in [9.17, 15) is 4.79 Å². The van der Waals surface area contributed by atoms with Crippen molar-refractivity contribution < 1.29 is 9.90 Å². The van der Waals surface area contributed by atoms with Crippen molar-refractivity contribution in [3.63, 3.8) is 0 Å². The van der Waals surface area contributed by atoms with E-state index in [0.717, 1.165) is 35.9 Å². The lowest BCUT2D eigenvalue weighted by Crippen LogP contribution is -2.02. The van der Waals surface area contributed by atoms with Crippen LogP contribution in [0.4, 0.5) is 0 Å². The van der Waals surface area contributed by atoms with Crippen molar-refractivity contribution in [1.82, 2.24) is 14.8 Å². The van der Waals surface area contributed by atoms with Gasteiger partial charge >= 0.3 is 5.97 Å². The summed E-state index contributed by atoms with van der Waals surface area (Å²) in [5.74, 6) is 0.841. The maximum Gasteiger partial charge on any atom is 0.346 e. The second-order valence-electron chi connectivity index (χ2n) is 4.73. The molecule has 3 heterocycles. The zero-order valence-electron chi connectivity index (χ0n) is 10.9. The summed E-state index contributed by atoms with van der Waals surface area (Å²) in [6.45, 7) is 0.972. The van der Waals surface area contributed by atoms with Crippen LogP contribution >= 0.6 is 23.1 Å². The molecule has 7 heteroatoms. The van der Waals surface area contributed by atoms with E-state index in [0.29, 0.717) is 10.6 Å². The fraction of sp³-hybridized carbons (Fsp3) is 0.462. The van der Waals surface area contributed by atoms with E-state index in [1.807, 2.05) is 11.4 Å². The molecule has 0 saturated carbocycles. The number of carboxylic acids is 1. The van der Waals surface area contributed by atoms with Crippen molar-refractivity contribution in [2.75, 3.05) is 0 Å². The van der Waals surface area contributed by atoms with Gasteiger partial charge in [0.2, 0.25) is 0 Å². The van der Waals surface area contributed by atoms with Gasteiger partial charge in [-0.25, -0.2) is 4.79 Å². The van der Waals surface area contributed by atoms with Crippen LogP contribution in [0.15, 0.2) is 16.6 Å². The van der Waals surface area contributed by atoms with E-state index in [1.165, 1.54) is 24.2 Å². The van der Waals surface area contributed by atoms with Gasteiger partial charge < -0.3 is 9.67 Å². The van der Waals surface area contributed by atoms with Gasteiger partial charge in [-0.2, -0.15) is 0 Å². The molecule has 1 N–H and O–H groups in total. The predicted octanol–water partition coefficient (Wildman–Crippen LogP) is 3.06. The first-order chi connectivity index (χ1) is 9.75. The molecule has 0 aliphatic carbocycles. The quantitative estimate of drug-likeness (QED) is 0.879. The summed E-state index contributed by atoms with van der Waals surface area (Å²) in [6.07, 6.45) is 4.57. The number of aryl methyl sites for hydroxylation is 1. The third kappa shape index (κ3) is 2.73. The van der Waals surface area contributed by atoms with Crippen LogP contribution in [0.2, 0.25) is 0 Å². The van der Waals surface area contributed by atoms with Crippen molar-refractivity contribution in [3.05, 3.63) is 27.7 Å². The Bertz CT molecular complexity index is 621. The molecule has 0 aromatic carbocycles. The second kappa shape index (κ2) is 5.97. The molecule has 3 rings (SSSR count). The molecule has 2 aromatic rings. The zero-order chi connectivity index (χ0) is 13.9. The SMILES string of the molecule is O=C(O)c1sccc1CSc1nnc2n1CCCCC2. The van der Waals surface area contributed by atoms with Crippen molar-refractivity contribution in [3.8, 4) is 0 Å². The van der Waals surface area contributed by atoms with Gasteiger partial charge in [0.05, 0.1) is 0 Å². The molecule has 106 valence electrons. The molecule has 2 aromatic heterocycles. The maximum atomic E-state index is 11.1. The van der Waals surface area contributed by atoms with E-state index in [-0.39, 0.29) is 0 Å². The summed E-state index contributed by atoms with van der Waals surface area (Å²) in [5, 5.41) is 20.3. The highest BCUT2D eigenvalue weighted by atomic mass is 32.2.